The molecule has 3 aliphatic rings. The van der Waals surface area contributed by atoms with Crippen LogP contribution in [0.4, 0.5) is 0 Å². The second-order valence-electron chi connectivity index (χ2n) is 6.81. The topological polar surface area (TPSA) is 33.7 Å². The van der Waals surface area contributed by atoms with Gasteiger partial charge in [-0.05, 0) is 44.3 Å². The van der Waals surface area contributed by atoms with Crippen molar-refractivity contribution in [2.45, 2.75) is 38.3 Å². The molecule has 0 bridgehead atoms. The Hall–Kier alpha value is -1.26. The third-order valence-electron chi connectivity index (χ3n) is 4.98. The van der Waals surface area contributed by atoms with E-state index in [-0.39, 0.29) is 0 Å². The van der Waals surface area contributed by atoms with E-state index in [1.54, 1.807) is 0 Å². The minimum absolute atomic E-state index is 0.753. The van der Waals surface area contributed by atoms with Crippen molar-refractivity contribution < 1.29 is 9.47 Å². The van der Waals surface area contributed by atoms with Crippen LogP contribution in [0.1, 0.15) is 31.2 Å². The first kappa shape index (κ1) is 14.3. The average Bonchev–Trinajstić information content (AvgIpc) is 3.32. The fourth-order valence-electron chi connectivity index (χ4n) is 3.60. The quantitative estimate of drug-likeness (QED) is 0.906. The first-order chi connectivity index (χ1) is 10.9. The van der Waals surface area contributed by atoms with Crippen LogP contribution in [0.15, 0.2) is 18.2 Å². The highest BCUT2D eigenvalue weighted by Gasteiger charge is 2.34. The van der Waals surface area contributed by atoms with Crippen LogP contribution < -0.4 is 14.8 Å². The highest BCUT2D eigenvalue weighted by atomic mass is 16.5. The van der Waals surface area contributed by atoms with Crippen LogP contribution in [0, 0.1) is 5.92 Å². The largest absolute Gasteiger partial charge is 0.490 e. The van der Waals surface area contributed by atoms with Gasteiger partial charge in [0.1, 0.15) is 0 Å². The van der Waals surface area contributed by atoms with E-state index in [9.17, 15) is 0 Å². The fourth-order valence-corrected chi connectivity index (χ4v) is 3.60. The lowest BCUT2D eigenvalue weighted by molar-refractivity contribution is 0.295. The van der Waals surface area contributed by atoms with Gasteiger partial charge in [0.2, 0.25) is 0 Å². The van der Waals surface area contributed by atoms with Gasteiger partial charge >= 0.3 is 0 Å². The van der Waals surface area contributed by atoms with Crippen LogP contribution >= 0.6 is 0 Å². The van der Waals surface area contributed by atoms with Gasteiger partial charge in [0.25, 0.3) is 0 Å². The third kappa shape index (κ3) is 3.23. The molecule has 120 valence electrons. The lowest BCUT2D eigenvalue weighted by Crippen LogP contribution is -2.27. The van der Waals surface area contributed by atoms with Crippen LogP contribution in [-0.2, 0) is 6.54 Å². The highest BCUT2D eigenvalue weighted by molar-refractivity contribution is 5.47. The Kier molecular flexibility index (Phi) is 4.22. The molecule has 0 spiro atoms. The molecule has 0 unspecified atom stereocenters. The van der Waals surface area contributed by atoms with Gasteiger partial charge in [-0.25, -0.2) is 0 Å². The summed E-state index contributed by atoms with van der Waals surface area (Å²) >= 11 is 0. The normalized spacial score (nSPS) is 25.2. The predicted molar refractivity (Wildman–Crippen MR) is 86.5 cm³/mol. The standard InChI is InChI=1S/C18H26N2O2/c1-3-15(18-17(4-1)21-9-2-10-22-18)12-19-11-14-7-8-20(13-14)16-5-6-16/h1,3-4,14,16,19H,2,5-13H2/t14-/m0/s1. The first-order valence-electron chi connectivity index (χ1n) is 8.72. The SMILES string of the molecule is c1cc(CNC[C@@H]2CCN(C3CC3)C2)c2c(c1)OCCCO2. The number of benzene rings is 1. The molecule has 1 saturated carbocycles. The Morgan fingerprint density at radius 1 is 1.14 bits per heavy atom. The molecule has 4 heteroatoms. The van der Waals surface area contributed by atoms with E-state index in [0.717, 1.165) is 56.2 Å². The van der Waals surface area contributed by atoms with Crippen molar-refractivity contribution in [3.05, 3.63) is 23.8 Å². The number of hydrogen-bond acceptors (Lipinski definition) is 4. The van der Waals surface area contributed by atoms with E-state index in [2.05, 4.69) is 22.3 Å². The van der Waals surface area contributed by atoms with E-state index >= 15 is 0 Å². The molecule has 22 heavy (non-hydrogen) atoms. The minimum Gasteiger partial charge on any atom is -0.490 e. The second kappa shape index (κ2) is 6.47. The molecule has 1 aliphatic carbocycles. The summed E-state index contributed by atoms with van der Waals surface area (Å²) in [7, 11) is 0. The summed E-state index contributed by atoms with van der Waals surface area (Å²) in [6.45, 7) is 6.06. The molecule has 1 atom stereocenters. The molecule has 2 fully saturated rings. The summed E-state index contributed by atoms with van der Waals surface area (Å²) in [5.74, 6) is 2.65. The van der Waals surface area contributed by atoms with Crippen molar-refractivity contribution in [2.75, 3.05) is 32.8 Å². The van der Waals surface area contributed by atoms with E-state index < -0.39 is 0 Å². The van der Waals surface area contributed by atoms with Gasteiger partial charge in [0, 0.05) is 31.1 Å². The van der Waals surface area contributed by atoms with Gasteiger partial charge in [0.05, 0.1) is 13.2 Å². The maximum Gasteiger partial charge on any atom is 0.165 e. The number of hydrogen-bond donors (Lipinski definition) is 1. The Bertz CT molecular complexity index is 516. The van der Waals surface area contributed by atoms with Crippen molar-refractivity contribution in [1.82, 2.24) is 10.2 Å². The van der Waals surface area contributed by atoms with Gasteiger partial charge < -0.3 is 19.7 Å². The Labute approximate surface area is 132 Å². The summed E-state index contributed by atoms with van der Waals surface area (Å²) in [5.41, 5.74) is 1.22. The van der Waals surface area contributed by atoms with Crippen molar-refractivity contribution >= 4 is 0 Å². The van der Waals surface area contributed by atoms with Crippen molar-refractivity contribution in [2.24, 2.45) is 5.92 Å². The summed E-state index contributed by atoms with van der Waals surface area (Å²) < 4.78 is 11.6. The fraction of sp³-hybridized carbons (Fsp3) is 0.667. The number of rotatable bonds is 5. The second-order valence-corrected chi connectivity index (χ2v) is 6.81. The monoisotopic (exact) mass is 302 g/mol. The number of fused-ring (bicyclic) bond motifs is 1. The Morgan fingerprint density at radius 3 is 2.95 bits per heavy atom. The molecule has 0 aromatic heterocycles. The van der Waals surface area contributed by atoms with Gasteiger partial charge in [0.15, 0.2) is 11.5 Å². The van der Waals surface area contributed by atoms with Gasteiger partial charge in [-0.3, -0.25) is 0 Å². The Morgan fingerprint density at radius 2 is 2.05 bits per heavy atom. The number of ether oxygens (including phenoxy) is 2. The smallest absolute Gasteiger partial charge is 0.165 e. The molecule has 2 aliphatic heterocycles. The lowest BCUT2D eigenvalue weighted by Gasteiger charge is -2.16. The van der Waals surface area contributed by atoms with Gasteiger partial charge in [-0.1, -0.05) is 12.1 Å². The molecule has 4 rings (SSSR count). The number of nitrogens with one attached hydrogen (secondary N) is 1. The molecular weight excluding hydrogens is 276 g/mol. The number of likely N-dealkylation sites (tertiary alicyclic amines) is 1. The zero-order valence-corrected chi connectivity index (χ0v) is 13.2. The Balaban J connectivity index is 1.30. The molecule has 2 heterocycles. The summed E-state index contributed by atoms with van der Waals surface area (Å²) in [6, 6.07) is 7.13. The molecule has 0 radical (unpaired) electrons. The van der Waals surface area contributed by atoms with Crippen molar-refractivity contribution in [3.63, 3.8) is 0 Å². The summed E-state index contributed by atoms with van der Waals surface area (Å²) in [5, 5.41) is 3.63. The number of nitrogens with zero attached hydrogens (tertiary/aromatic N) is 1. The predicted octanol–water partition coefficient (Wildman–Crippen LogP) is 2.42. The summed E-state index contributed by atoms with van der Waals surface area (Å²) in [6.07, 6.45) is 5.15. The van der Waals surface area contributed by atoms with Crippen LogP contribution in [0.25, 0.3) is 0 Å². The summed E-state index contributed by atoms with van der Waals surface area (Å²) in [4.78, 5) is 2.68. The maximum absolute atomic E-state index is 5.89. The van der Waals surface area contributed by atoms with E-state index in [1.165, 1.54) is 37.9 Å². The third-order valence-corrected chi connectivity index (χ3v) is 4.98. The molecule has 0 amide bonds. The van der Waals surface area contributed by atoms with E-state index in [1.807, 2.05) is 6.07 Å². The molecule has 4 nitrogen and oxygen atoms in total. The zero-order valence-electron chi connectivity index (χ0n) is 13.2. The van der Waals surface area contributed by atoms with Crippen LogP contribution in [-0.4, -0.2) is 43.8 Å². The zero-order chi connectivity index (χ0) is 14.8. The van der Waals surface area contributed by atoms with Crippen molar-refractivity contribution in [3.8, 4) is 11.5 Å². The van der Waals surface area contributed by atoms with Crippen molar-refractivity contribution in [1.29, 1.82) is 0 Å². The van der Waals surface area contributed by atoms with Crippen LogP contribution in [0.2, 0.25) is 0 Å². The molecule has 1 N–H and O–H groups in total. The molecular formula is C18H26N2O2. The molecule has 1 aromatic rings. The number of para-hydroxylation sites is 1. The highest BCUT2D eigenvalue weighted by Crippen LogP contribution is 2.33. The molecule has 1 saturated heterocycles. The van der Waals surface area contributed by atoms with Gasteiger partial charge in [-0.15, -0.1) is 0 Å². The van der Waals surface area contributed by atoms with Gasteiger partial charge in [-0.2, -0.15) is 0 Å². The lowest BCUT2D eigenvalue weighted by atomic mass is 10.1. The van der Waals surface area contributed by atoms with E-state index in [0.29, 0.717) is 0 Å². The first-order valence-corrected chi connectivity index (χ1v) is 8.72. The van der Waals surface area contributed by atoms with E-state index in [4.69, 9.17) is 9.47 Å². The average molecular weight is 302 g/mol. The maximum atomic E-state index is 5.89. The van der Waals surface area contributed by atoms with Crippen LogP contribution in [0.3, 0.4) is 0 Å². The minimum atomic E-state index is 0.753. The molecule has 1 aromatic carbocycles. The van der Waals surface area contributed by atoms with Crippen LogP contribution in [0.5, 0.6) is 11.5 Å².